The average Bonchev–Trinajstić information content (AvgIpc) is 3.48. The maximum atomic E-state index is 12.8. The molecule has 12 nitrogen and oxygen atoms in total. The van der Waals surface area contributed by atoms with Gasteiger partial charge in [0.25, 0.3) is 0 Å². The number of hydrogen-bond donors (Lipinski definition) is 3. The van der Waals surface area contributed by atoms with E-state index < -0.39 is 0 Å². The van der Waals surface area contributed by atoms with Gasteiger partial charge in [0.1, 0.15) is 5.75 Å². The number of amides is 1. The number of likely N-dealkylation sites (N-methyl/N-ethyl adjacent to an activating group) is 1. The van der Waals surface area contributed by atoms with Gasteiger partial charge in [0.15, 0.2) is 12.1 Å². The molecular formula is C29H43N10O2+. The molecule has 1 amide bonds. The fraction of sp³-hybridized carbons (Fsp3) is 0.586. The van der Waals surface area contributed by atoms with Crippen LogP contribution in [0.5, 0.6) is 5.75 Å². The SMILES string of the molecule is COc1cc(N2CCN(CC(=O)N3CCN(C)CC3)CC2)ccc1Nc1nc(NC2CCCCC2)c2[nH]c[nH+]c2n1. The lowest BCUT2D eigenvalue weighted by molar-refractivity contribution is -0.347. The molecule has 6 rings (SSSR count). The van der Waals surface area contributed by atoms with Crippen LogP contribution in [0, 0.1) is 0 Å². The maximum absolute atomic E-state index is 12.8. The molecule has 0 spiro atoms. The number of H-pyrrole nitrogens is 2. The summed E-state index contributed by atoms with van der Waals surface area (Å²) in [6.07, 6.45) is 7.92. The first-order valence-electron chi connectivity index (χ1n) is 15.0. The van der Waals surface area contributed by atoms with E-state index in [1.165, 1.54) is 19.3 Å². The number of imidazole rings is 1. The minimum atomic E-state index is 0.249. The van der Waals surface area contributed by atoms with E-state index in [1.807, 2.05) is 11.0 Å². The summed E-state index contributed by atoms with van der Waals surface area (Å²) in [5, 5.41) is 7.03. The first kappa shape index (κ1) is 27.5. The van der Waals surface area contributed by atoms with Gasteiger partial charge in [-0.3, -0.25) is 14.7 Å². The molecule has 0 unspecified atom stereocenters. The molecule has 2 aliphatic heterocycles. The fourth-order valence-electron chi connectivity index (χ4n) is 6.09. The minimum absolute atomic E-state index is 0.249. The molecule has 1 aliphatic carbocycles. The molecule has 1 aromatic carbocycles. The van der Waals surface area contributed by atoms with Gasteiger partial charge in [-0.05, 0) is 32.0 Å². The molecule has 0 atom stereocenters. The number of fused-ring (bicyclic) bond motifs is 1. The van der Waals surface area contributed by atoms with Crippen molar-refractivity contribution in [2.45, 2.75) is 38.1 Å². The van der Waals surface area contributed by atoms with Crippen LogP contribution in [0.3, 0.4) is 0 Å². The Morgan fingerprint density at radius 3 is 2.59 bits per heavy atom. The first-order valence-corrected chi connectivity index (χ1v) is 15.0. The smallest absolute Gasteiger partial charge is 0.307 e. The molecule has 220 valence electrons. The Balaban J connectivity index is 1.09. The summed E-state index contributed by atoms with van der Waals surface area (Å²) in [5.41, 5.74) is 3.55. The third kappa shape index (κ3) is 6.48. The number of benzene rings is 1. The van der Waals surface area contributed by atoms with E-state index in [0.717, 1.165) is 99.3 Å². The molecule has 0 radical (unpaired) electrons. The van der Waals surface area contributed by atoms with E-state index >= 15 is 0 Å². The lowest BCUT2D eigenvalue weighted by atomic mass is 9.95. The van der Waals surface area contributed by atoms with Gasteiger partial charge in [-0.1, -0.05) is 24.2 Å². The van der Waals surface area contributed by atoms with Crippen LogP contribution in [0.1, 0.15) is 32.1 Å². The second-order valence-electron chi connectivity index (χ2n) is 11.5. The monoisotopic (exact) mass is 563 g/mol. The number of hydrogen-bond acceptors (Lipinski definition) is 9. The van der Waals surface area contributed by atoms with E-state index in [0.29, 0.717) is 18.5 Å². The standard InChI is InChI=1S/C29H42N10O2/c1-36-10-14-39(15-11-36)25(40)19-37-12-16-38(17-13-37)22-8-9-23(24(18-22)41-2)33-29-34-27-26(30-20-31-27)28(35-29)32-21-6-4-3-5-7-21/h8-9,18,20-21H,3-7,10-17,19H2,1-2H3,(H3,30,31,32,33,34,35)/p+1. The highest BCUT2D eigenvalue weighted by molar-refractivity contribution is 5.82. The van der Waals surface area contributed by atoms with E-state index in [-0.39, 0.29) is 5.91 Å². The summed E-state index contributed by atoms with van der Waals surface area (Å²) >= 11 is 0. The zero-order valence-corrected chi connectivity index (χ0v) is 24.3. The number of nitrogens with zero attached hydrogens (tertiary/aromatic N) is 6. The van der Waals surface area contributed by atoms with Crippen LogP contribution in [0.4, 0.5) is 23.1 Å². The van der Waals surface area contributed by atoms with Crippen molar-refractivity contribution in [3.8, 4) is 5.75 Å². The normalized spacial score (nSPS) is 19.5. The molecule has 2 saturated heterocycles. The molecule has 2 aromatic heterocycles. The first-order chi connectivity index (χ1) is 20.1. The van der Waals surface area contributed by atoms with Crippen molar-refractivity contribution in [1.82, 2.24) is 29.7 Å². The topological polar surface area (TPSA) is 119 Å². The number of aromatic amines is 2. The Kier molecular flexibility index (Phi) is 8.38. The predicted octanol–water partition coefficient (Wildman–Crippen LogP) is 2.16. The largest absolute Gasteiger partial charge is 0.494 e. The van der Waals surface area contributed by atoms with Crippen LogP contribution in [0.25, 0.3) is 11.2 Å². The third-order valence-corrected chi connectivity index (χ3v) is 8.66. The molecule has 0 bridgehead atoms. The Hall–Kier alpha value is -3.64. The van der Waals surface area contributed by atoms with Gasteiger partial charge in [0.05, 0.1) is 19.3 Å². The Morgan fingerprint density at radius 2 is 1.83 bits per heavy atom. The van der Waals surface area contributed by atoms with Gasteiger partial charge < -0.3 is 30.1 Å². The number of anilines is 4. The van der Waals surface area contributed by atoms with Crippen molar-refractivity contribution in [2.75, 3.05) is 88.6 Å². The second kappa shape index (κ2) is 12.5. The number of ether oxygens (including phenoxy) is 1. The highest BCUT2D eigenvalue weighted by Gasteiger charge is 2.25. The van der Waals surface area contributed by atoms with Crippen molar-refractivity contribution in [3.05, 3.63) is 24.5 Å². The summed E-state index contributed by atoms with van der Waals surface area (Å²) in [4.78, 5) is 37.6. The van der Waals surface area contributed by atoms with Crippen LogP contribution in [-0.2, 0) is 4.79 Å². The number of carbonyl (C=O) groups excluding carboxylic acids is 1. The van der Waals surface area contributed by atoms with Crippen molar-refractivity contribution in [2.24, 2.45) is 0 Å². The van der Waals surface area contributed by atoms with Gasteiger partial charge in [0, 0.05) is 70.2 Å². The highest BCUT2D eigenvalue weighted by Crippen LogP contribution is 2.33. The van der Waals surface area contributed by atoms with E-state index in [4.69, 9.17) is 9.72 Å². The van der Waals surface area contributed by atoms with Crippen LogP contribution >= 0.6 is 0 Å². The third-order valence-electron chi connectivity index (χ3n) is 8.66. The number of carbonyl (C=O) groups is 1. The van der Waals surface area contributed by atoms with Gasteiger partial charge in [-0.25, -0.2) is 4.98 Å². The molecule has 3 fully saturated rings. The Bertz CT molecular complexity index is 1320. The minimum Gasteiger partial charge on any atom is -0.494 e. The summed E-state index contributed by atoms with van der Waals surface area (Å²) < 4.78 is 5.78. The van der Waals surface area contributed by atoms with Crippen LogP contribution in [0.15, 0.2) is 24.5 Å². The Labute approximate surface area is 241 Å². The highest BCUT2D eigenvalue weighted by atomic mass is 16.5. The lowest BCUT2D eigenvalue weighted by Gasteiger charge is -2.38. The van der Waals surface area contributed by atoms with Gasteiger partial charge >= 0.3 is 11.6 Å². The molecule has 12 heteroatoms. The fourth-order valence-corrected chi connectivity index (χ4v) is 6.09. The van der Waals surface area contributed by atoms with E-state index in [1.54, 1.807) is 13.4 Å². The van der Waals surface area contributed by atoms with Crippen LogP contribution in [0.2, 0.25) is 0 Å². The number of methoxy groups -OCH3 is 1. The van der Waals surface area contributed by atoms with E-state index in [9.17, 15) is 4.79 Å². The van der Waals surface area contributed by atoms with Gasteiger partial charge in [-0.2, -0.15) is 4.98 Å². The zero-order valence-electron chi connectivity index (χ0n) is 24.3. The van der Waals surface area contributed by atoms with Gasteiger partial charge in [0.2, 0.25) is 11.4 Å². The molecule has 4 N–H and O–H groups in total. The molecule has 4 heterocycles. The number of nitrogens with one attached hydrogen (secondary N) is 4. The number of rotatable bonds is 8. The molecular weight excluding hydrogens is 520 g/mol. The Morgan fingerprint density at radius 1 is 1.05 bits per heavy atom. The molecule has 1 saturated carbocycles. The molecule has 3 aliphatic rings. The van der Waals surface area contributed by atoms with Crippen molar-refractivity contribution in [1.29, 1.82) is 0 Å². The quantitative estimate of drug-likeness (QED) is 0.379. The van der Waals surface area contributed by atoms with Gasteiger partial charge in [-0.15, -0.1) is 0 Å². The summed E-state index contributed by atoms with van der Waals surface area (Å²) in [7, 11) is 3.80. The zero-order chi connectivity index (χ0) is 28.2. The summed E-state index contributed by atoms with van der Waals surface area (Å²) in [5.74, 6) is 2.30. The maximum Gasteiger partial charge on any atom is 0.307 e. The summed E-state index contributed by atoms with van der Waals surface area (Å²) in [6, 6.07) is 6.63. The summed E-state index contributed by atoms with van der Waals surface area (Å²) in [6.45, 7) is 7.53. The van der Waals surface area contributed by atoms with E-state index in [2.05, 4.69) is 59.5 Å². The second-order valence-corrected chi connectivity index (χ2v) is 11.5. The number of aromatic nitrogens is 4. The lowest BCUT2D eigenvalue weighted by Crippen LogP contribution is -2.53. The molecule has 41 heavy (non-hydrogen) atoms. The predicted molar refractivity (Wildman–Crippen MR) is 160 cm³/mol. The van der Waals surface area contributed by atoms with Crippen molar-refractivity contribution < 1.29 is 14.5 Å². The number of piperazine rings is 2. The van der Waals surface area contributed by atoms with Crippen molar-refractivity contribution in [3.63, 3.8) is 0 Å². The van der Waals surface area contributed by atoms with Crippen LogP contribution in [-0.4, -0.2) is 115 Å². The average molecular weight is 564 g/mol. The molecule has 3 aromatic rings. The van der Waals surface area contributed by atoms with Crippen LogP contribution < -0.4 is 25.3 Å². The van der Waals surface area contributed by atoms with Crippen molar-refractivity contribution >= 4 is 40.2 Å².